The van der Waals surface area contributed by atoms with Crippen molar-refractivity contribution in [1.29, 1.82) is 0 Å². The standard InChI is InChI=1S/C13H18FN2O2/c14-11-5-4-10(12(8-11)13(16)17)9-18-7-3-1-2-6-15/h3-5,8H,1-2,6-7,9,15H2,(H2,16,17). The number of hydrogen-bond acceptors (Lipinski definition) is 3. The normalized spacial score (nSPS) is 10.6. The van der Waals surface area contributed by atoms with Crippen molar-refractivity contribution in [2.75, 3.05) is 13.2 Å². The minimum absolute atomic E-state index is 0.164. The molecular formula is C13H18FN2O2. The summed E-state index contributed by atoms with van der Waals surface area (Å²) < 4.78 is 18.3. The van der Waals surface area contributed by atoms with Crippen LogP contribution in [0.3, 0.4) is 0 Å². The molecule has 0 aliphatic heterocycles. The van der Waals surface area contributed by atoms with Gasteiger partial charge in [0.15, 0.2) is 0 Å². The fourth-order valence-corrected chi connectivity index (χ4v) is 1.50. The zero-order chi connectivity index (χ0) is 13.4. The third-order valence-electron chi connectivity index (χ3n) is 2.44. The second-order valence-electron chi connectivity index (χ2n) is 3.90. The fourth-order valence-electron chi connectivity index (χ4n) is 1.50. The lowest BCUT2D eigenvalue weighted by Gasteiger charge is -2.08. The highest BCUT2D eigenvalue weighted by Gasteiger charge is 2.09. The molecule has 4 N–H and O–H groups in total. The Kier molecular flexibility index (Phi) is 6.32. The largest absolute Gasteiger partial charge is 0.376 e. The molecule has 0 aliphatic rings. The maximum Gasteiger partial charge on any atom is 0.249 e. The number of benzene rings is 1. The first-order chi connectivity index (χ1) is 8.65. The minimum Gasteiger partial charge on any atom is -0.376 e. The van der Waals surface area contributed by atoms with E-state index in [1.165, 1.54) is 12.1 Å². The molecule has 18 heavy (non-hydrogen) atoms. The molecule has 0 fully saturated rings. The van der Waals surface area contributed by atoms with Gasteiger partial charge >= 0.3 is 0 Å². The number of unbranched alkanes of at least 4 members (excludes halogenated alkanes) is 2. The molecule has 0 atom stereocenters. The van der Waals surface area contributed by atoms with Gasteiger partial charge in [0.25, 0.3) is 0 Å². The minimum atomic E-state index is -0.653. The Bertz CT molecular complexity index is 397. The van der Waals surface area contributed by atoms with Gasteiger partial charge < -0.3 is 16.2 Å². The number of rotatable bonds is 8. The number of nitrogens with two attached hydrogens (primary N) is 2. The first-order valence-corrected chi connectivity index (χ1v) is 5.83. The first kappa shape index (κ1) is 14.6. The highest BCUT2D eigenvalue weighted by atomic mass is 19.1. The predicted octanol–water partition coefficient (Wildman–Crippen LogP) is 1.38. The maximum atomic E-state index is 13.0. The van der Waals surface area contributed by atoms with Gasteiger partial charge in [0.05, 0.1) is 13.2 Å². The molecule has 1 amide bonds. The third kappa shape index (κ3) is 4.81. The van der Waals surface area contributed by atoms with Crippen molar-refractivity contribution in [2.24, 2.45) is 11.5 Å². The topological polar surface area (TPSA) is 78.3 Å². The summed E-state index contributed by atoms with van der Waals surface area (Å²) in [6.07, 6.45) is 3.79. The van der Waals surface area contributed by atoms with Crippen LogP contribution in [0.15, 0.2) is 18.2 Å². The van der Waals surface area contributed by atoms with Crippen molar-refractivity contribution in [3.05, 3.63) is 41.6 Å². The Morgan fingerprint density at radius 3 is 2.89 bits per heavy atom. The van der Waals surface area contributed by atoms with Gasteiger partial charge in [0.1, 0.15) is 5.82 Å². The van der Waals surface area contributed by atoms with Crippen molar-refractivity contribution in [3.63, 3.8) is 0 Å². The lowest BCUT2D eigenvalue weighted by molar-refractivity contribution is 0.0990. The average Bonchev–Trinajstić information content (AvgIpc) is 2.35. The Labute approximate surface area is 106 Å². The van der Waals surface area contributed by atoms with E-state index in [0.29, 0.717) is 18.7 Å². The monoisotopic (exact) mass is 253 g/mol. The molecule has 4 nitrogen and oxygen atoms in total. The van der Waals surface area contributed by atoms with Crippen LogP contribution in [-0.4, -0.2) is 19.1 Å². The Balaban J connectivity index is 2.44. The van der Waals surface area contributed by atoms with Gasteiger partial charge in [-0.15, -0.1) is 0 Å². The van der Waals surface area contributed by atoms with E-state index in [2.05, 4.69) is 0 Å². The van der Waals surface area contributed by atoms with Crippen molar-refractivity contribution >= 4 is 5.91 Å². The van der Waals surface area contributed by atoms with Gasteiger partial charge in [-0.1, -0.05) is 6.07 Å². The molecule has 1 rings (SSSR count). The number of amides is 1. The first-order valence-electron chi connectivity index (χ1n) is 5.83. The van der Waals surface area contributed by atoms with Gasteiger partial charge in [-0.2, -0.15) is 0 Å². The number of primary amides is 1. The van der Waals surface area contributed by atoms with Crippen LogP contribution in [0.2, 0.25) is 0 Å². The predicted molar refractivity (Wildman–Crippen MR) is 67.2 cm³/mol. The van der Waals surface area contributed by atoms with Crippen molar-refractivity contribution in [2.45, 2.75) is 19.4 Å². The third-order valence-corrected chi connectivity index (χ3v) is 2.44. The molecule has 0 aliphatic carbocycles. The van der Waals surface area contributed by atoms with E-state index >= 15 is 0 Å². The van der Waals surface area contributed by atoms with E-state index < -0.39 is 11.7 Å². The number of carbonyl (C=O) groups is 1. The van der Waals surface area contributed by atoms with E-state index in [-0.39, 0.29) is 12.2 Å². The molecule has 1 aromatic rings. The second kappa shape index (κ2) is 7.79. The molecule has 99 valence electrons. The molecular weight excluding hydrogens is 235 g/mol. The second-order valence-corrected chi connectivity index (χ2v) is 3.90. The number of carbonyl (C=O) groups excluding carboxylic acids is 1. The Hall–Kier alpha value is -1.46. The summed E-state index contributed by atoms with van der Waals surface area (Å²) in [4.78, 5) is 11.1. The fraction of sp³-hybridized carbons (Fsp3) is 0.385. The molecule has 0 saturated heterocycles. The molecule has 1 aromatic carbocycles. The average molecular weight is 253 g/mol. The zero-order valence-corrected chi connectivity index (χ0v) is 10.2. The Morgan fingerprint density at radius 1 is 1.44 bits per heavy atom. The molecule has 5 heteroatoms. The molecule has 0 saturated carbocycles. The van der Waals surface area contributed by atoms with Crippen LogP contribution in [0.4, 0.5) is 4.39 Å². The van der Waals surface area contributed by atoms with Gasteiger partial charge in [-0.25, -0.2) is 4.39 Å². The molecule has 0 spiro atoms. The van der Waals surface area contributed by atoms with Gasteiger partial charge in [-0.05, 0) is 43.5 Å². The number of hydrogen-bond donors (Lipinski definition) is 2. The van der Waals surface area contributed by atoms with Crippen LogP contribution in [-0.2, 0) is 11.3 Å². The molecule has 0 unspecified atom stereocenters. The lowest BCUT2D eigenvalue weighted by Crippen LogP contribution is -2.15. The van der Waals surface area contributed by atoms with Gasteiger partial charge in [-0.3, -0.25) is 4.79 Å². The summed E-state index contributed by atoms with van der Waals surface area (Å²) in [5.41, 5.74) is 11.3. The van der Waals surface area contributed by atoms with Crippen LogP contribution in [0.5, 0.6) is 0 Å². The van der Waals surface area contributed by atoms with Crippen LogP contribution in [0.25, 0.3) is 0 Å². The Morgan fingerprint density at radius 2 is 2.22 bits per heavy atom. The van der Waals surface area contributed by atoms with Crippen molar-refractivity contribution < 1.29 is 13.9 Å². The van der Waals surface area contributed by atoms with Crippen molar-refractivity contribution in [3.8, 4) is 0 Å². The van der Waals surface area contributed by atoms with E-state index in [9.17, 15) is 9.18 Å². The lowest BCUT2D eigenvalue weighted by atomic mass is 10.1. The summed E-state index contributed by atoms with van der Waals surface area (Å²) in [7, 11) is 0. The van der Waals surface area contributed by atoms with Gasteiger partial charge in [0.2, 0.25) is 5.91 Å². The van der Waals surface area contributed by atoms with Crippen LogP contribution < -0.4 is 11.5 Å². The smallest absolute Gasteiger partial charge is 0.249 e. The molecule has 0 aromatic heterocycles. The summed E-state index contributed by atoms with van der Waals surface area (Å²) in [6.45, 7) is 1.35. The van der Waals surface area contributed by atoms with Crippen LogP contribution in [0.1, 0.15) is 28.8 Å². The highest BCUT2D eigenvalue weighted by molar-refractivity contribution is 5.94. The van der Waals surface area contributed by atoms with E-state index in [0.717, 1.165) is 18.9 Å². The van der Waals surface area contributed by atoms with Crippen LogP contribution in [0, 0.1) is 12.2 Å². The van der Waals surface area contributed by atoms with Crippen molar-refractivity contribution in [1.82, 2.24) is 0 Å². The summed E-state index contributed by atoms with van der Waals surface area (Å²) >= 11 is 0. The number of ether oxygens (including phenoxy) is 1. The number of halogens is 1. The highest BCUT2D eigenvalue weighted by Crippen LogP contribution is 2.12. The van der Waals surface area contributed by atoms with E-state index in [4.69, 9.17) is 16.2 Å². The SMILES string of the molecule is NCCC[CH]COCc1ccc(F)cc1C(N)=O. The maximum absolute atomic E-state index is 13.0. The summed E-state index contributed by atoms with van der Waals surface area (Å²) in [5.74, 6) is -1.14. The summed E-state index contributed by atoms with van der Waals surface area (Å²) in [5, 5.41) is 0. The molecule has 0 bridgehead atoms. The zero-order valence-electron chi connectivity index (χ0n) is 10.2. The van der Waals surface area contributed by atoms with Gasteiger partial charge in [0, 0.05) is 5.56 Å². The molecule has 1 radical (unpaired) electrons. The summed E-state index contributed by atoms with van der Waals surface area (Å²) in [6, 6.07) is 3.91. The van der Waals surface area contributed by atoms with Crippen LogP contribution >= 0.6 is 0 Å². The van der Waals surface area contributed by atoms with E-state index in [1.807, 2.05) is 6.42 Å². The quantitative estimate of drug-likeness (QED) is 0.687. The molecule has 0 heterocycles. The van der Waals surface area contributed by atoms with E-state index in [1.54, 1.807) is 0 Å².